The van der Waals surface area contributed by atoms with Crippen molar-refractivity contribution in [1.82, 2.24) is 0 Å². The van der Waals surface area contributed by atoms with Crippen LogP contribution in [0.2, 0.25) is 0 Å². The van der Waals surface area contributed by atoms with E-state index in [1.807, 2.05) is 24.3 Å². The van der Waals surface area contributed by atoms with Gasteiger partial charge in [-0.05, 0) is 41.5 Å². The predicted octanol–water partition coefficient (Wildman–Crippen LogP) is 4.81. The fourth-order valence-electron chi connectivity index (χ4n) is 3.21. The fourth-order valence-corrected chi connectivity index (χ4v) is 3.21. The molecule has 140 valence electrons. The number of hydrogen-bond donors (Lipinski definition) is 1. The molecular weight excluding hydrogens is 356 g/mol. The van der Waals surface area contributed by atoms with Crippen molar-refractivity contribution in [3.8, 4) is 28.8 Å². The molecule has 2 aromatic carbocycles. The summed E-state index contributed by atoms with van der Waals surface area (Å²) in [6.45, 7) is 0. The van der Waals surface area contributed by atoms with Crippen molar-refractivity contribution in [3.63, 3.8) is 0 Å². The molecule has 0 saturated carbocycles. The first kappa shape index (κ1) is 17.7. The summed E-state index contributed by atoms with van der Waals surface area (Å²) in [7, 11) is 3.12. The molecule has 5 nitrogen and oxygen atoms in total. The van der Waals surface area contributed by atoms with Crippen LogP contribution in [0.4, 0.5) is 0 Å². The van der Waals surface area contributed by atoms with Crippen molar-refractivity contribution >= 4 is 23.5 Å². The molecule has 1 aliphatic carbocycles. The van der Waals surface area contributed by atoms with Crippen LogP contribution >= 0.6 is 0 Å². The van der Waals surface area contributed by atoms with Crippen LogP contribution in [0, 0.1) is 0 Å². The molecule has 0 saturated heterocycles. The van der Waals surface area contributed by atoms with Gasteiger partial charge in [0.1, 0.15) is 17.3 Å². The minimum Gasteiger partial charge on any atom is -0.497 e. The van der Waals surface area contributed by atoms with E-state index in [-0.39, 0.29) is 11.7 Å². The van der Waals surface area contributed by atoms with E-state index in [1.54, 1.807) is 50.6 Å². The zero-order chi connectivity index (χ0) is 19.7. The Kier molecular flexibility index (Phi) is 4.49. The third-order valence-electron chi connectivity index (χ3n) is 4.64. The Morgan fingerprint density at radius 3 is 2.57 bits per heavy atom. The lowest BCUT2D eigenvalue weighted by atomic mass is 9.90. The number of allylic oxidation sites excluding steroid dienone is 2. The molecule has 1 N–H and O–H groups in total. The molecule has 0 fully saturated rings. The van der Waals surface area contributed by atoms with Crippen molar-refractivity contribution in [3.05, 3.63) is 71.3 Å². The second-order valence-corrected chi connectivity index (χ2v) is 6.28. The summed E-state index contributed by atoms with van der Waals surface area (Å²) >= 11 is 0. The zero-order valence-corrected chi connectivity index (χ0v) is 15.4. The van der Waals surface area contributed by atoms with Gasteiger partial charge < -0.3 is 19.0 Å². The molecule has 1 heterocycles. The van der Waals surface area contributed by atoms with Gasteiger partial charge in [0.2, 0.25) is 0 Å². The number of furan rings is 1. The second-order valence-electron chi connectivity index (χ2n) is 6.28. The Hall–Kier alpha value is -3.73. The van der Waals surface area contributed by atoms with Gasteiger partial charge >= 0.3 is 0 Å². The largest absolute Gasteiger partial charge is 0.497 e. The molecule has 0 bridgehead atoms. The summed E-state index contributed by atoms with van der Waals surface area (Å²) in [4.78, 5) is 12.4. The Labute approximate surface area is 162 Å². The van der Waals surface area contributed by atoms with Crippen molar-refractivity contribution in [2.24, 2.45) is 0 Å². The zero-order valence-electron chi connectivity index (χ0n) is 15.4. The smallest absolute Gasteiger partial charge is 0.289 e. The van der Waals surface area contributed by atoms with E-state index >= 15 is 0 Å². The Bertz CT molecular complexity index is 1120. The van der Waals surface area contributed by atoms with E-state index in [1.165, 1.54) is 6.08 Å². The summed E-state index contributed by atoms with van der Waals surface area (Å²) in [5.74, 6) is 1.24. The van der Waals surface area contributed by atoms with Crippen LogP contribution < -0.4 is 9.47 Å². The highest BCUT2D eigenvalue weighted by atomic mass is 16.5. The second kappa shape index (κ2) is 7.12. The number of rotatable bonds is 4. The van der Waals surface area contributed by atoms with Crippen molar-refractivity contribution in [2.75, 3.05) is 14.2 Å². The molecule has 0 amide bonds. The van der Waals surface area contributed by atoms with Gasteiger partial charge in [-0.25, -0.2) is 0 Å². The van der Waals surface area contributed by atoms with Gasteiger partial charge in [-0.3, -0.25) is 4.79 Å². The molecule has 1 aliphatic rings. The number of benzene rings is 2. The first-order valence-corrected chi connectivity index (χ1v) is 8.69. The quantitative estimate of drug-likeness (QED) is 0.664. The van der Waals surface area contributed by atoms with Crippen LogP contribution in [0.15, 0.2) is 59.0 Å². The number of fused-ring (bicyclic) bond motifs is 1. The summed E-state index contributed by atoms with van der Waals surface area (Å²) in [5.41, 5.74) is 3.36. The van der Waals surface area contributed by atoms with Gasteiger partial charge in [0, 0.05) is 11.6 Å². The highest BCUT2D eigenvalue weighted by Gasteiger charge is 2.20. The normalized spacial score (nSPS) is 14.2. The maximum atomic E-state index is 12.4. The third kappa shape index (κ3) is 3.07. The molecule has 4 rings (SSSR count). The van der Waals surface area contributed by atoms with Crippen LogP contribution in [0.3, 0.4) is 0 Å². The van der Waals surface area contributed by atoms with E-state index < -0.39 is 0 Å². The monoisotopic (exact) mass is 374 g/mol. The van der Waals surface area contributed by atoms with Gasteiger partial charge in [-0.1, -0.05) is 30.3 Å². The molecule has 0 aliphatic heterocycles. The van der Waals surface area contributed by atoms with E-state index in [9.17, 15) is 9.90 Å². The molecule has 1 aromatic heterocycles. The maximum Gasteiger partial charge on any atom is 0.289 e. The van der Waals surface area contributed by atoms with E-state index in [0.717, 1.165) is 11.1 Å². The first-order chi connectivity index (χ1) is 13.6. The number of ketones is 1. The lowest BCUT2D eigenvalue weighted by molar-refractivity contribution is -0.109. The minimum absolute atomic E-state index is 0.122. The average molecular weight is 374 g/mol. The molecule has 28 heavy (non-hydrogen) atoms. The minimum atomic E-state index is -0.264. The lowest BCUT2D eigenvalue weighted by Crippen LogP contribution is -2.04. The number of hydrogen-bond acceptors (Lipinski definition) is 5. The lowest BCUT2D eigenvalue weighted by Gasteiger charge is -2.12. The molecular formula is C23H18O5. The fraction of sp³-hybridized carbons (Fsp3) is 0.0870. The van der Waals surface area contributed by atoms with Crippen LogP contribution in [-0.4, -0.2) is 25.1 Å². The van der Waals surface area contributed by atoms with Crippen LogP contribution in [0.1, 0.15) is 16.7 Å². The van der Waals surface area contributed by atoms with E-state index in [4.69, 9.17) is 13.9 Å². The number of methoxy groups -OCH3 is 2. The molecule has 3 aromatic rings. The number of aromatic hydroxyl groups is 1. The van der Waals surface area contributed by atoms with Crippen molar-refractivity contribution in [1.29, 1.82) is 0 Å². The highest BCUT2D eigenvalue weighted by Crippen LogP contribution is 2.39. The molecule has 0 unspecified atom stereocenters. The van der Waals surface area contributed by atoms with Gasteiger partial charge in [0.15, 0.2) is 5.78 Å². The number of carbonyl (C=O) groups excluding carboxylic acids is 1. The molecule has 0 radical (unpaired) electrons. The molecule has 0 spiro atoms. The SMILES string of the molecule is COc1ccc(-c2cc(C=C3C(=O)C=Cc4ccccc43)c(O)o2)c(OC)c1. The van der Waals surface area contributed by atoms with Crippen LogP contribution in [-0.2, 0) is 4.79 Å². The van der Waals surface area contributed by atoms with Gasteiger partial charge in [0.05, 0.1) is 25.3 Å². The number of ether oxygens (including phenoxy) is 2. The van der Waals surface area contributed by atoms with Gasteiger partial charge in [-0.15, -0.1) is 0 Å². The summed E-state index contributed by atoms with van der Waals surface area (Å²) in [5, 5.41) is 10.3. The van der Waals surface area contributed by atoms with Crippen LogP contribution in [0.5, 0.6) is 17.4 Å². The van der Waals surface area contributed by atoms with Crippen LogP contribution in [0.25, 0.3) is 29.0 Å². The third-order valence-corrected chi connectivity index (χ3v) is 4.64. The first-order valence-electron chi connectivity index (χ1n) is 8.69. The molecule has 5 heteroatoms. The van der Waals surface area contributed by atoms with Crippen molar-refractivity contribution < 1.29 is 23.8 Å². The van der Waals surface area contributed by atoms with E-state index in [2.05, 4.69) is 0 Å². The Morgan fingerprint density at radius 1 is 0.964 bits per heavy atom. The number of carbonyl (C=O) groups is 1. The summed E-state index contributed by atoms with van der Waals surface area (Å²) in [6.07, 6.45) is 4.96. The standard InChI is InChI=1S/C23H18O5/c1-26-16-8-9-18(21(13-16)27-2)22-12-15(23(25)28-22)11-19-17-6-4-3-5-14(17)7-10-20(19)24/h3-13,25H,1-2H3. The Morgan fingerprint density at radius 2 is 1.79 bits per heavy atom. The highest BCUT2D eigenvalue weighted by molar-refractivity contribution is 6.33. The molecule has 0 atom stereocenters. The topological polar surface area (TPSA) is 68.9 Å². The summed E-state index contributed by atoms with van der Waals surface area (Å²) in [6, 6.07) is 14.6. The van der Waals surface area contributed by atoms with Crippen molar-refractivity contribution in [2.45, 2.75) is 0 Å². The summed E-state index contributed by atoms with van der Waals surface area (Å²) < 4.78 is 16.2. The van der Waals surface area contributed by atoms with E-state index in [0.29, 0.717) is 34.0 Å². The van der Waals surface area contributed by atoms with Gasteiger partial charge in [0.25, 0.3) is 5.95 Å². The average Bonchev–Trinajstić information content (AvgIpc) is 3.09. The predicted molar refractivity (Wildman–Crippen MR) is 107 cm³/mol. The van der Waals surface area contributed by atoms with Gasteiger partial charge in [-0.2, -0.15) is 0 Å². The maximum absolute atomic E-state index is 12.4. The Balaban J connectivity index is 1.78.